The largest absolute Gasteiger partial charge is 0.331 e. The van der Waals surface area contributed by atoms with Crippen molar-refractivity contribution in [3.63, 3.8) is 0 Å². The number of halogens is 1. The van der Waals surface area contributed by atoms with Crippen LogP contribution in [0.25, 0.3) is 0 Å². The summed E-state index contributed by atoms with van der Waals surface area (Å²) in [5, 5.41) is 0. The van der Waals surface area contributed by atoms with Crippen LogP contribution in [0.1, 0.15) is 30.9 Å². The van der Waals surface area contributed by atoms with Gasteiger partial charge in [0.1, 0.15) is 13.1 Å². The molecular weight excluding hydrogens is 360 g/mol. The number of hydrogen-bond donors (Lipinski definition) is 2. The first-order valence-electron chi connectivity index (χ1n) is 9.21. The van der Waals surface area contributed by atoms with Crippen molar-refractivity contribution in [3.05, 3.63) is 70.2 Å². The van der Waals surface area contributed by atoms with E-state index in [0.29, 0.717) is 0 Å². The maximum absolute atomic E-state index is 3.69. The SMILES string of the molecule is CC[NH+](Cc1ccccc1)C1CC[NH+](Cc2ccccc2Br)CC1. The number of likely N-dealkylation sites (tertiary alicyclic amines) is 1. The van der Waals surface area contributed by atoms with Crippen molar-refractivity contribution < 1.29 is 9.80 Å². The van der Waals surface area contributed by atoms with Gasteiger partial charge in [-0.15, -0.1) is 0 Å². The molecule has 128 valence electrons. The van der Waals surface area contributed by atoms with Crippen LogP contribution in [0.15, 0.2) is 59.1 Å². The standard InChI is InChI=1S/C21H27BrN2/c1-2-24(16-18-8-4-3-5-9-18)20-12-14-23(15-13-20)17-19-10-6-7-11-21(19)22/h3-11,20H,2,12-17H2,1H3/p+2. The number of piperidine rings is 1. The molecule has 1 aliphatic rings. The van der Waals surface area contributed by atoms with Crippen LogP contribution in [0.3, 0.4) is 0 Å². The molecule has 1 aliphatic heterocycles. The van der Waals surface area contributed by atoms with Gasteiger partial charge in [0.2, 0.25) is 0 Å². The summed E-state index contributed by atoms with van der Waals surface area (Å²) in [5.41, 5.74) is 2.91. The molecule has 2 aromatic rings. The number of nitrogens with one attached hydrogen (secondary N) is 2. The van der Waals surface area contributed by atoms with Crippen molar-refractivity contribution in [1.82, 2.24) is 0 Å². The Labute approximate surface area is 154 Å². The van der Waals surface area contributed by atoms with Crippen LogP contribution in [0.4, 0.5) is 0 Å². The van der Waals surface area contributed by atoms with E-state index in [1.165, 1.54) is 54.6 Å². The van der Waals surface area contributed by atoms with E-state index in [9.17, 15) is 0 Å². The molecule has 2 nitrogen and oxygen atoms in total. The van der Waals surface area contributed by atoms with E-state index in [4.69, 9.17) is 0 Å². The van der Waals surface area contributed by atoms with Crippen molar-refractivity contribution in [2.24, 2.45) is 0 Å². The van der Waals surface area contributed by atoms with Crippen LogP contribution in [0, 0.1) is 0 Å². The fraction of sp³-hybridized carbons (Fsp3) is 0.429. The summed E-state index contributed by atoms with van der Waals surface area (Å²) in [5.74, 6) is 0. The zero-order valence-corrected chi connectivity index (χ0v) is 16.2. The number of hydrogen-bond acceptors (Lipinski definition) is 0. The molecule has 0 amide bonds. The molecule has 2 N–H and O–H groups in total. The first-order valence-corrected chi connectivity index (χ1v) is 10.0. The van der Waals surface area contributed by atoms with E-state index in [2.05, 4.69) is 77.5 Å². The Morgan fingerprint density at radius 3 is 2.33 bits per heavy atom. The molecule has 1 unspecified atom stereocenters. The summed E-state index contributed by atoms with van der Waals surface area (Å²) in [7, 11) is 0. The molecule has 0 saturated carbocycles. The van der Waals surface area contributed by atoms with Gasteiger partial charge in [-0.3, -0.25) is 0 Å². The zero-order valence-electron chi connectivity index (χ0n) is 14.6. The maximum atomic E-state index is 3.69. The first-order chi connectivity index (χ1) is 11.8. The minimum Gasteiger partial charge on any atom is -0.331 e. The Balaban J connectivity index is 1.53. The number of quaternary nitrogens is 2. The van der Waals surface area contributed by atoms with Gasteiger partial charge < -0.3 is 9.80 Å². The van der Waals surface area contributed by atoms with Gasteiger partial charge in [0, 0.05) is 28.4 Å². The van der Waals surface area contributed by atoms with Crippen LogP contribution < -0.4 is 9.80 Å². The summed E-state index contributed by atoms with van der Waals surface area (Å²) < 4.78 is 1.25. The van der Waals surface area contributed by atoms with Crippen LogP contribution in [0.2, 0.25) is 0 Å². The maximum Gasteiger partial charge on any atom is 0.104 e. The van der Waals surface area contributed by atoms with E-state index in [1.54, 1.807) is 9.80 Å². The van der Waals surface area contributed by atoms with Crippen molar-refractivity contribution in [1.29, 1.82) is 0 Å². The molecule has 0 spiro atoms. The molecule has 0 radical (unpaired) electrons. The molecule has 24 heavy (non-hydrogen) atoms. The lowest BCUT2D eigenvalue weighted by atomic mass is 10.0. The highest BCUT2D eigenvalue weighted by Gasteiger charge is 2.29. The molecule has 1 atom stereocenters. The van der Waals surface area contributed by atoms with Gasteiger partial charge in [0.05, 0.1) is 25.7 Å². The van der Waals surface area contributed by atoms with E-state index < -0.39 is 0 Å². The molecule has 1 saturated heterocycles. The average molecular weight is 389 g/mol. The van der Waals surface area contributed by atoms with Crippen LogP contribution in [-0.4, -0.2) is 25.7 Å². The third-order valence-electron chi connectivity index (χ3n) is 5.40. The predicted octanol–water partition coefficient (Wildman–Crippen LogP) is 2.10. The highest BCUT2D eigenvalue weighted by molar-refractivity contribution is 9.10. The van der Waals surface area contributed by atoms with Gasteiger partial charge in [-0.1, -0.05) is 64.5 Å². The Morgan fingerprint density at radius 2 is 1.67 bits per heavy atom. The molecule has 2 aromatic carbocycles. The van der Waals surface area contributed by atoms with Crippen molar-refractivity contribution in [2.75, 3.05) is 19.6 Å². The van der Waals surface area contributed by atoms with E-state index in [-0.39, 0.29) is 0 Å². The summed E-state index contributed by atoms with van der Waals surface area (Å²) in [4.78, 5) is 3.48. The third kappa shape index (κ3) is 4.69. The Kier molecular flexibility index (Phi) is 6.47. The fourth-order valence-electron chi connectivity index (χ4n) is 3.94. The molecule has 3 rings (SSSR count). The second-order valence-electron chi connectivity index (χ2n) is 6.97. The molecule has 1 fully saturated rings. The monoisotopic (exact) mass is 388 g/mol. The second-order valence-corrected chi connectivity index (χ2v) is 7.82. The first kappa shape index (κ1) is 17.7. The molecule has 0 bridgehead atoms. The van der Waals surface area contributed by atoms with Gasteiger partial charge in [-0.25, -0.2) is 0 Å². The lowest BCUT2D eigenvalue weighted by Gasteiger charge is -2.34. The predicted molar refractivity (Wildman–Crippen MR) is 103 cm³/mol. The third-order valence-corrected chi connectivity index (χ3v) is 6.17. The van der Waals surface area contributed by atoms with Crippen LogP contribution >= 0.6 is 15.9 Å². The molecule has 1 heterocycles. The van der Waals surface area contributed by atoms with Gasteiger partial charge >= 0.3 is 0 Å². The van der Waals surface area contributed by atoms with Gasteiger partial charge in [-0.05, 0) is 13.0 Å². The Morgan fingerprint density at radius 1 is 1.00 bits per heavy atom. The average Bonchev–Trinajstić information content (AvgIpc) is 2.63. The van der Waals surface area contributed by atoms with Crippen molar-refractivity contribution in [3.8, 4) is 0 Å². The molecule has 0 aromatic heterocycles. The quantitative estimate of drug-likeness (QED) is 0.749. The topological polar surface area (TPSA) is 8.88 Å². The van der Waals surface area contributed by atoms with Crippen LogP contribution in [0.5, 0.6) is 0 Å². The lowest BCUT2D eigenvalue weighted by Crippen LogP contribution is -3.19. The normalized spacial score (nSPS) is 22.2. The smallest absolute Gasteiger partial charge is 0.104 e. The number of rotatable bonds is 6. The van der Waals surface area contributed by atoms with E-state index in [1.807, 2.05) is 0 Å². The highest BCUT2D eigenvalue weighted by Crippen LogP contribution is 2.14. The lowest BCUT2D eigenvalue weighted by molar-refractivity contribution is -0.969. The second kappa shape index (κ2) is 8.80. The summed E-state index contributed by atoms with van der Waals surface area (Å²) >= 11 is 3.69. The Bertz CT molecular complexity index is 621. The van der Waals surface area contributed by atoms with Crippen molar-refractivity contribution >= 4 is 15.9 Å². The zero-order chi connectivity index (χ0) is 16.8. The van der Waals surface area contributed by atoms with Gasteiger partial charge in [0.25, 0.3) is 0 Å². The molecular formula is C21H29BrN2+2. The minimum absolute atomic E-state index is 0.818. The highest BCUT2D eigenvalue weighted by atomic mass is 79.9. The fourth-order valence-corrected chi connectivity index (χ4v) is 4.36. The number of benzene rings is 2. The molecule has 0 aliphatic carbocycles. The molecule has 3 heteroatoms. The van der Waals surface area contributed by atoms with E-state index in [0.717, 1.165) is 12.6 Å². The van der Waals surface area contributed by atoms with E-state index >= 15 is 0 Å². The summed E-state index contributed by atoms with van der Waals surface area (Å²) in [6, 6.07) is 20.4. The summed E-state index contributed by atoms with van der Waals surface area (Å²) in [6.07, 6.45) is 2.69. The van der Waals surface area contributed by atoms with Crippen molar-refractivity contribution in [2.45, 2.75) is 38.9 Å². The van der Waals surface area contributed by atoms with Gasteiger partial charge in [0.15, 0.2) is 0 Å². The Hall–Kier alpha value is -1.16. The summed E-state index contributed by atoms with van der Waals surface area (Å²) in [6.45, 7) is 8.46. The minimum atomic E-state index is 0.818. The van der Waals surface area contributed by atoms with Gasteiger partial charge in [-0.2, -0.15) is 0 Å². The van der Waals surface area contributed by atoms with Crippen LogP contribution in [-0.2, 0) is 13.1 Å².